The van der Waals surface area contributed by atoms with Gasteiger partial charge >= 0.3 is 0 Å². The highest BCUT2D eigenvalue weighted by atomic mass is 16.5. The zero-order chi connectivity index (χ0) is 9.97. The van der Waals surface area contributed by atoms with Crippen LogP contribution in [-0.4, -0.2) is 23.2 Å². The average molecular weight is 195 g/mol. The molecule has 0 amide bonds. The molecule has 4 heteroatoms. The summed E-state index contributed by atoms with van der Waals surface area (Å²) in [6, 6.07) is 0. The Morgan fingerprint density at radius 1 is 1.64 bits per heavy atom. The lowest BCUT2D eigenvalue weighted by molar-refractivity contribution is 0.352. The Hall–Kier alpha value is -0.900. The highest BCUT2D eigenvalue weighted by Crippen LogP contribution is 2.23. The van der Waals surface area contributed by atoms with Crippen molar-refractivity contribution in [1.82, 2.24) is 15.5 Å². The van der Waals surface area contributed by atoms with Crippen LogP contribution in [0.25, 0.3) is 0 Å². The van der Waals surface area contributed by atoms with Crippen molar-refractivity contribution in [1.29, 1.82) is 0 Å². The summed E-state index contributed by atoms with van der Waals surface area (Å²) in [5.41, 5.74) is 0. The van der Waals surface area contributed by atoms with E-state index in [0.717, 1.165) is 37.6 Å². The van der Waals surface area contributed by atoms with Crippen LogP contribution in [0.3, 0.4) is 0 Å². The van der Waals surface area contributed by atoms with E-state index < -0.39 is 0 Å². The molecular weight excluding hydrogens is 178 g/mol. The smallest absolute Gasteiger partial charge is 0.231 e. The third kappa shape index (κ3) is 1.80. The van der Waals surface area contributed by atoms with Crippen molar-refractivity contribution in [3.8, 4) is 0 Å². The largest absolute Gasteiger partial charge is 0.339 e. The van der Waals surface area contributed by atoms with Gasteiger partial charge in [-0.1, -0.05) is 19.0 Å². The first-order valence-electron chi connectivity index (χ1n) is 5.35. The number of nitrogens with one attached hydrogen (secondary N) is 1. The van der Waals surface area contributed by atoms with Crippen LogP contribution in [0.15, 0.2) is 4.52 Å². The van der Waals surface area contributed by atoms with Gasteiger partial charge in [-0.25, -0.2) is 0 Å². The molecule has 1 aromatic heterocycles. The van der Waals surface area contributed by atoms with Gasteiger partial charge in [0.1, 0.15) is 0 Å². The Morgan fingerprint density at radius 2 is 2.50 bits per heavy atom. The highest BCUT2D eigenvalue weighted by Gasteiger charge is 2.23. The van der Waals surface area contributed by atoms with E-state index in [9.17, 15) is 0 Å². The maximum atomic E-state index is 5.27. The minimum absolute atomic E-state index is 0.405. The van der Waals surface area contributed by atoms with Crippen LogP contribution in [0.2, 0.25) is 0 Å². The maximum Gasteiger partial charge on any atom is 0.231 e. The first kappa shape index (κ1) is 9.65. The second-order valence-electron chi connectivity index (χ2n) is 3.99. The third-order valence-corrected chi connectivity index (χ3v) is 2.92. The molecule has 2 heterocycles. The molecule has 1 aliphatic rings. The summed E-state index contributed by atoms with van der Waals surface area (Å²) < 4.78 is 5.27. The molecular formula is C10H17N3O. The molecule has 0 aliphatic carbocycles. The molecule has 4 nitrogen and oxygen atoms in total. The van der Waals surface area contributed by atoms with E-state index >= 15 is 0 Å². The first-order chi connectivity index (χ1) is 6.81. The van der Waals surface area contributed by atoms with Crippen molar-refractivity contribution in [3.05, 3.63) is 11.7 Å². The van der Waals surface area contributed by atoms with Crippen molar-refractivity contribution in [2.45, 2.75) is 38.5 Å². The molecule has 78 valence electrons. The molecule has 0 bridgehead atoms. The molecule has 0 spiro atoms. The van der Waals surface area contributed by atoms with Crippen LogP contribution in [0.5, 0.6) is 0 Å². The Bertz CT molecular complexity index is 291. The van der Waals surface area contributed by atoms with Crippen molar-refractivity contribution in [2.24, 2.45) is 0 Å². The summed E-state index contributed by atoms with van der Waals surface area (Å²) >= 11 is 0. The fourth-order valence-electron chi connectivity index (χ4n) is 1.66. The normalized spacial score (nSPS) is 24.0. The van der Waals surface area contributed by atoms with Crippen LogP contribution in [0.4, 0.5) is 0 Å². The van der Waals surface area contributed by atoms with Gasteiger partial charge in [0.05, 0.1) is 5.92 Å². The lowest BCUT2D eigenvalue weighted by atomic mass is 10.1. The lowest BCUT2D eigenvalue weighted by Crippen LogP contribution is -2.08. The molecule has 1 aromatic rings. The Morgan fingerprint density at radius 3 is 3.14 bits per heavy atom. The molecule has 1 N–H and O–H groups in total. The molecule has 1 aliphatic heterocycles. The second-order valence-corrected chi connectivity index (χ2v) is 3.99. The lowest BCUT2D eigenvalue weighted by Gasteiger charge is -2.00. The number of hydrogen-bond acceptors (Lipinski definition) is 4. The fraction of sp³-hybridized carbons (Fsp3) is 0.800. The molecule has 2 atom stereocenters. The van der Waals surface area contributed by atoms with Gasteiger partial charge in [0.25, 0.3) is 0 Å². The SMILES string of the molecule is CCC(C)c1noc(C2CCNC2)n1. The number of aromatic nitrogens is 2. The minimum Gasteiger partial charge on any atom is -0.339 e. The van der Waals surface area contributed by atoms with E-state index in [4.69, 9.17) is 4.52 Å². The van der Waals surface area contributed by atoms with Crippen LogP contribution < -0.4 is 5.32 Å². The van der Waals surface area contributed by atoms with Crippen molar-refractivity contribution >= 4 is 0 Å². The van der Waals surface area contributed by atoms with Gasteiger partial charge in [-0.05, 0) is 19.4 Å². The zero-order valence-electron chi connectivity index (χ0n) is 8.79. The summed E-state index contributed by atoms with van der Waals surface area (Å²) in [5, 5.41) is 7.31. The molecule has 2 rings (SSSR count). The summed E-state index contributed by atoms with van der Waals surface area (Å²) in [4.78, 5) is 4.45. The average Bonchev–Trinajstić information content (AvgIpc) is 2.86. The van der Waals surface area contributed by atoms with Gasteiger partial charge in [0.15, 0.2) is 5.82 Å². The van der Waals surface area contributed by atoms with Gasteiger partial charge < -0.3 is 9.84 Å². The zero-order valence-corrected chi connectivity index (χ0v) is 8.79. The van der Waals surface area contributed by atoms with E-state index in [1.165, 1.54) is 0 Å². The van der Waals surface area contributed by atoms with Gasteiger partial charge in [-0.3, -0.25) is 0 Å². The van der Waals surface area contributed by atoms with Crippen LogP contribution in [-0.2, 0) is 0 Å². The predicted octanol–water partition coefficient (Wildman–Crippen LogP) is 1.66. The number of rotatable bonds is 3. The Balaban J connectivity index is 2.08. The predicted molar refractivity (Wildman–Crippen MR) is 53.2 cm³/mol. The van der Waals surface area contributed by atoms with E-state index in [1.54, 1.807) is 0 Å². The third-order valence-electron chi connectivity index (χ3n) is 2.92. The molecule has 0 saturated carbocycles. The monoisotopic (exact) mass is 195 g/mol. The van der Waals surface area contributed by atoms with Crippen molar-refractivity contribution in [2.75, 3.05) is 13.1 Å². The summed E-state index contributed by atoms with van der Waals surface area (Å²) in [5.74, 6) is 2.50. The van der Waals surface area contributed by atoms with Crippen LogP contribution >= 0.6 is 0 Å². The van der Waals surface area contributed by atoms with Gasteiger partial charge in [-0.15, -0.1) is 0 Å². The highest BCUT2D eigenvalue weighted by molar-refractivity contribution is 5.00. The molecule has 1 saturated heterocycles. The van der Waals surface area contributed by atoms with Crippen LogP contribution in [0.1, 0.15) is 50.2 Å². The van der Waals surface area contributed by atoms with Gasteiger partial charge in [0.2, 0.25) is 5.89 Å². The summed E-state index contributed by atoms with van der Waals surface area (Å²) in [7, 11) is 0. The fourth-order valence-corrected chi connectivity index (χ4v) is 1.66. The molecule has 2 unspecified atom stereocenters. The molecule has 14 heavy (non-hydrogen) atoms. The van der Waals surface area contributed by atoms with Crippen LogP contribution in [0, 0.1) is 0 Å². The maximum absolute atomic E-state index is 5.27. The molecule has 0 aromatic carbocycles. The Labute approximate surface area is 84.1 Å². The number of hydrogen-bond donors (Lipinski definition) is 1. The molecule has 1 fully saturated rings. The standard InChI is InChI=1S/C10H17N3O/c1-3-7(2)9-12-10(14-13-9)8-4-5-11-6-8/h7-8,11H,3-6H2,1-2H3. The molecule has 0 radical (unpaired) electrons. The van der Waals surface area contributed by atoms with E-state index in [1.807, 2.05) is 0 Å². The number of nitrogens with zero attached hydrogens (tertiary/aromatic N) is 2. The van der Waals surface area contributed by atoms with Crippen molar-refractivity contribution < 1.29 is 4.52 Å². The summed E-state index contributed by atoms with van der Waals surface area (Å²) in [6.45, 7) is 6.30. The quantitative estimate of drug-likeness (QED) is 0.797. The van der Waals surface area contributed by atoms with E-state index in [2.05, 4.69) is 29.3 Å². The summed E-state index contributed by atoms with van der Waals surface area (Å²) in [6.07, 6.45) is 2.17. The van der Waals surface area contributed by atoms with Gasteiger partial charge in [0, 0.05) is 12.5 Å². The first-order valence-corrected chi connectivity index (χ1v) is 5.35. The van der Waals surface area contributed by atoms with E-state index in [0.29, 0.717) is 11.8 Å². The van der Waals surface area contributed by atoms with Crippen molar-refractivity contribution in [3.63, 3.8) is 0 Å². The van der Waals surface area contributed by atoms with E-state index in [-0.39, 0.29) is 0 Å². The minimum atomic E-state index is 0.405. The Kier molecular flexibility index (Phi) is 2.82. The topological polar surface area (TPSA) is 51.0 Å². The second kappa shape index (κ2) is 4.09. The van der Waals surface area contributed by atoms with Gasteiger partial charge in [-0.2, -0.15) is 4.98 Å².